The van der Waals surface area contributed by atoms with Crippen molar-refractivity contribution in [3.63, 3.8) is 0 Å². The molecule has 7 heteroatoms. The van der Waals surface area contributed by atoms with E-state index in [9.17, 15) is 9.59 Å². The largest absolute Gasteiger partial charge is 0.494 e. The summed E-state index contributed by atoms with van der Waals surface area (Å²) in [5.41, 5.74) is 3.90. The summed E-state index contributed by atoms with van der Waals surface area (Å²) in [7, 11) is 0. The highest BCUT2D eigenvalue weighted by molar-refractivity contribution is 8.26. The number of hydrazine groups is 1. The molecule has 0 aliphatic carbocycles. The van der Waals surface area contributed by atoms with Gasteiger partial charge < -0.3 is 4.74 Å². The Bertz CT molecular complexity index is 911. The Morgan fingerprint density at radius 3 is 2.55 bits per heavy atom. The zero-order chi connectivity index (χ0) is 20.6. The van der Waals surface area contributed by atoms with Crippen LogP contribution in [-0.2, 0) is 4.79 Å². The van der Waals surface area contributed by atoms with Gasteiger partial charge in [-0.25, -0.2) is 0 Å². The summed E-state index contributed by atoms with van der Waals surface area (Å²) in [4.78, 5) is 25.4. The summed E-state index contributed by atoms with van der Waals surface area (Å²) in [6.07, 6.45) is 5.11. The number of nitrogens with one attached hydrogen (secondary N) is 1. The Balaban J connectivity index is 1.62. The molecule has 0 bridgehead atoms. The molecule has 3 rings (SSSR count). The molecule has 1 fully saturated rings. The smallest absolute Gasteiger partial charge is 0.285 e. The molecule has 0 unspecified atom stereocenters. The van der Waals surface area contributed by atoms with Crippen molar-refractivity contribution in [3.8, 4) is 5.75 Å². The average Bonchev–Trinajstić information content (AvgIpc) is 3.00. The number of amides is 2. The van der Waals surface area contributed by atoms with Gasteiger partial charge in [0.2, 0.25) is 0 Å². The number of thioether (sulfide) groups is 1. The normalized spacial score (nSPS) is 15.1. The van der Waals surface area contributed by atoms with Crippen LogP contribution >= 0.6 is 24.0 Å². The second-order valence-corrected chi connectivity index (χ2v) is 8.12. The van der Waals surface area contributed by atoms with Crippen molar-refractivity contribution in [2.24, 2.45) is 0 Å². The van der Waals surface area contributed by atoms with E-state index in [1.54, 1.807) is 30.3 Å². The van der Waals surface area contributed by atoms with Gasteiger partial charge in [-0.1, -0.05) is 61.9 Å². The van der Waals surface area contributed by atoms with Gasteiger partial charge in [0.25, 0.3) is 11.8 Å². The number of benzene rings is 2. The predicted molar refractivity (Wildman–Crippen MR) is 120 cm³/mol. The zero-order valence-electron chi connectivity index (χ0n) is 16.1. The minimum absolute atomic E-state index is 0.293. The number of thiocarbonyl (C=S) groups is 1. The highest BCUT2D eigenvalue weighted by Crippen LogP contribution is 2.31. The molecule has 1 heterocycles. The molecule has 0 atom stereocenters. The Kier molecular flexibility index (Phi) is 7.43. The lowest BCUT2D eigenvalue weighted by Gasteiger charge is -2.15. The number of nitrogens with zero attached hydrogens (tertiary/aromatic N) is 1. The van der Waals surface area contributed by atoms with Crippen molar-refractivity contribution < 1.29 is 14.3 Å². The molecule has 150 valence electrons. The fraction of sp³-hybridized carbons (Fsp3) is 0.227. The number of ether oxygens (including phenoxy) is 1. The number of rotatable bonds is 8. The van der Waals surface area contributed by atoms with E-state index in [-0.39, 0.29) is 11.8 Å². The molecule has 1 aliphatic rings. The van der Waals surface area contributed by atoms with E-state index in [2.05, 4.69) is 12.3 Å². The van der Waals surface area contributed by atoms with Crippen LogP contribution in [0.4, 0.5) is 0 Å². The highest BCUT2D eigenvalue weighted by atomic mass is 32.2. The quantitative estimate of drug-likeness (QED) is 0.373. The molecule has 1 N–H and O–H groups in total. The number of hydrogen-bond donors (Lipinski definition) is 1. The van der Waals surface area contributed by atoms with Gasteiger partial charge in [0.15, 0.2) is 4.32 Å². The first kappa shape index (κ1) is 21.1. The highest BCUT2D eigenvalue weighted by Gasteiger charge is 2.33. The van der Waals surface area contributed by atoms with Crippen LogP contribution in [0.25, 0.3) is 6.08 Å². The fourth-order valence-corrected chi connectivity index (χ4v) is 3.85. The molecule has 0 radical (unpaired) electrons. The van der Waals surface area contributed by atoms with Gasteiger partial charge in [0, 0.05) is 5.56 Å². The topological polar surface area (TPSA) is 58.6 Å². The zero-order valence-corrected chi connectivity index (χ0v) is 17.7. The third-order valence-electron chi connectivity index (χ3n) is 4.24. The maximum absolute atomic E-state index is 12.7. The Hall–Kier alpha value is -2.64. The standard InChI is InChI=1S/C22H22N2O3S2/c1-2-3-7-14-27-18-12-10-16(11-13-18)15-19-21(26)24(22(28)29-19)23-20(25)17-8-5-4-6-9-17/h4-6,8-13,15H,2-3,7,14H2,1H3,(H,23,25)/b19-15-. The number of carbonyl (C=O) groups excluding carboxylic acids is 2. The number of unbranched alkanes of at least 4 members (excludes halogenated alkanes) is 2. The van der Waals surface area contributed by atoms with Crippen molar-refractivity contribution in [3.05, 3.63) is 70.6 Å². The minimum atomic E-state index is -0.382. The van der Waals surface area contributed by atoms with Gasteiger partial charge in [0.1, 0.15) is 5.75 Å². The van der Waals surface area contributed by atoms with E-state index in [0.29, 0.717) is 21.4 Å². The van der Waals surface area contributed by atoms with Crippen molar-refractivity contribution in [2.75, 3.05) is 6.61 Å². The van der Waals surface area contributed by atoms with Crippen molar-refractivity contribution >= 4 is 46.2 Å². The molecule has 2 amide bonds. The lowest BCUT2D eigenvalue weighted by molar-refractivity contribution is -0.123. The molecule has 0 saturated carbocycles. The number of hydrogen-bond acceptors (Lipinski definition) is 5. The van der Waals surface area contributed by atoms with Crippen molar-refractivity contribution in [1.29, 1.82) is 0 Å². The van der Waals surface area contributed by atoms with E-state index < -0.39 is 0 Å². The maximum atomic E-state index is 12.7. The molecule has 1 saturated heterocycles. The van der Waals surface area contributed by atoms with Crippen molar-refractivity contribution in [2.45, 2.75) is 26.2 Å². The first-order chi connectivity index (χ1) is 14.1. The van der Waals surface area contributed by atoms with Crippen LogP contribution in [0.1, 0.15) is 42.1 Å². The van der Waals surface area contributed by atoms with Crippen LogP contribution < -0.4 is 10.2 Å². The van der Waals surface area contributed by atoms with Gasteiger partial charge >= 0.3 is 0 Å². The predicted octanol–water partition coefficient (Wildman–Crippen LogP) is 4.80. The van der Waals surface area contributed by atoms with E-state index in [1.807, 2.05) is 30.3 Å². The summed E-state index contributed by atoms with van der Waals surface area (Å²) < 4.78 is 6.00. The molecule has 2 aromatic carbocycles. The molecule has 5 nitrogen and oxygen atoms in total. The Morgan fingerprint density at radius 1 is 1.14 bits per heavy atom. The molecule has 2 aromatic rings. The summed E-state index contributed by atoms with van der Waals surface area (Å²) in [5.74, 6) is 0.0813. The van der Waals surface area contributed by atoms with Crippen LogP contribution in [0.5, 0.6) is 5.75 Å². The molecule has 1 aliphatic heterocycles. The van der Waals surface area contributed by atoms with Gasteiger partial charge in [-0.3, -0.25) is 15.0 Å². The van der Waals surface area contributed by atoms with Crippen LogP contribution in [0.3, 0.4) is 0 Å². The average molecular weight is 427 g/mol. The van der Waals surface area contributed by atoms with E-state index >= 15 is 0 Å². The van der Waals surface area contributed by atoms with Crippen LogP contribution in [0.2, 0.25) is 0 Å². The van der Waals surface area contributed by atoms with Gasteiger partial charge in [-0.15, -0.1) is 0 Å². The number of carbonyl (C=O) groups is 2. The van der Waals surface area contributed by atoms with Crippen LogP contribution in [0.15, 0.2) is 59.5 Å². The summed E-state index contributed by atoms with van der Waals surface area (Å²) in [6, 6.07) is 16.2. The third kappa shape index (κ3) is 5.68. The summed E-state index contributed by atoms with van der Waals surface area (Å²) >= 11 is 6.42. The molecule has 0 aromatic heterocycles. The van der Waals surface area contributed by atoms with Crippen LogP contribution in [-0.4, -0.2) is 27.8 Å². The van der Waals surface area contributed by atoms with E-state index in [4.69, 9.17) is 17.0 Å². The van der Waals surface area contributed by atoms with Crippen LogP contribution in [0, 0.1) is 0 Å². The fourth-order valence-electron chi connectivity index (χ4n) is 2.67. The van der Waals surface area contributed by atoms with Gasteiger partial charge in [-0.05, 0) is 54.5 Å². The first-order valence-corrected chi connectivity index (χ1v) is 10.7. The monoisotopic (exact) mass is 426 g/mol. The minimum Gasteiger partial charge on any atom is -0.494 e. The lowest BCUT2D eigenvalue weighted by atomic mass is 10.2. The lowest BCUT2D eigenvalue weighted by Crippen LogP contribution is -2.44. The Labute approximate surface area is 180 Å². The SMILES string of the molecule is CCCCCOc1ccc(/C=C2\SC(=S)N(NC(=O)c3ccccc3)C2=O)cc1. The van der Waals surface area contributed by atoms with Gasteiger partial charge in [0.05, 0.1) is 11.5 Å². The molecular formula is C22H22N2O3S2. The second kappa shape index (κ2) is 10.2. The Morgan fingerprint density at radius 2 is 1.86 bits per heavy atom. The second-order valence-electron chi connectivity index (χ2n) is 6.45. The van der Waals surface area contributed by atoms with E-state index in [1.165, 1.54) is 0 Å². The summed E-state index contributed by atoms with van der Waals surface area (Å²) in [5, 5.41) is 1.12. The third-order valence-corrected chi connectivity index (χ3v) is 5.54. The van der Waals surface area contributed by atoms with E-state index in [0.717, 1.165) is 47.3 Å². The van der Waals surface area contributed by atoms with Gasteiger partial charge in [-0.2, -0.15) is 5.01 Å². The molecule has 0 spiro atoms. The van der Waals surface area contributed by atoms with Crippen molar-refractivity contribution in [1.82, 2.24) is 10.4 Å². The first-order valence-electron chi connectivity index (χ1n) is 9.45. The summed E-state index contributed by atoms with van der Waals surface area (Å²) in [6.45, 7) is 2.86. The molecular weight excluding hydrogens is 404 g/mol. The maximum Gasteiger partial charge on any atom is 0.285 e. The molecule has 29 heavy (non-hydrogen) atoms.